The number of pyridine rings is 1. The third-order valence-corrected chi connectivity index (χ3v) is 5.70. The quantitative estimate of drug-likeness (QED) is 0.666. The van der Waals surface area contributed by atoms with E-state index in [1.54, 1.807) is 12.3 Å². The Morgan fingerprint density at radius 1 is 1.20 bits per heavy atom. The Morgan fingerprint density at radius 2 is 2.00 bits per heavy atom. The maximum absolute atomic E-state index is 14.1. The van der Waals surface area contributed by atoms with Gasteiger partial charge in [-0.05, 0) is 64.5 Å². The van der Waals surface area contributed by atoms with Crippen LogP contribution >= 0.6 is 0 Å². The van der Waals surface area contributed by atoms with Crippen molar-refractivity contribution >= 4 is 5.91 Å². The third-order valence-electron chi connectivity index (χ3n) is 5.70. The number of piperidine rings is 1. The molecule has 1 fully saturated rings. The molecule has 1 atom stereocenters. The van der Waals surface area contributed by atoms with Crippen molar-refractivity contribution in [2.24, 2.45) is 5.92 Å². The topological polar surface area (TPSA) is 39.7 Å². The molecule has 0 radical (unpaired) electrons. The van der Waals surface area contributed by atoms with Gasteiger partial charge in [0, 0.05) is 50.2 Å². The van der Waals surface area contributed by atoms with Crippen LogP contribution in [0.15, 0.2) is 42.6 Å². The van der Waals surface area contributed by atoms with Gasteiger partial charge in [0.2, 0.25) is 0 Å². The molecule has 1 unspecified atom stereocenters. The smallest absolute Gasteiger partial charge is 0.255 e. The Labute approximate surface area is 179 Å². The molecule has 2 heterocycles. The molecule has 0 spiro atoms. The molecule has 2 aromatic rings. The highest BCUT2D eigenvalue weighted by Gasteiger charge is 2.25. The van der Waals surface area contributed by atoms with E-state index in [1.165, 1.54) is 6.07 Å². The SMILES string of the molecule is Cc1ccc(C(=O)N(CCN(C)C)CC2CCCN(Cc3ccccc3F)C2)cn1. The van der Waals surface area contributed by atoms with Gasteiger partial charge in [0.05, 0.1) is 5.56 Å². The van der Waals surface area contributed by atoms with E-state index in [0.29, 0.717) is 31.1 Å². The number of carbonyl (C=O) groups is 1. The summed E-state index contributed by atoms with van der Waals surface area (Å²) in [5.41, 5.74) is 2.28. The van der Waals surface area contributed by atoms with Crippen LogP contribution in [-0.4, -0.2) is 72.4 Å². The molecule has 1 amide bonds. The summed E-state index contributed by atoms with van der Waals surface area (Å²) in [5.74, 6) is 0.278. The monoisotopic (exact) mass is 412 g/mol. The first-order chi connectivity index (χ1) is 14.4. The van der Waals surface area contributed by atoms with Gasteiger partial charge < -0.3 is 9.80 Å². The van der Waals surface area contributed by atoms with Crippen LogP contribution in [0.3, 0.4) is 0 Å². The Hall–Kier alpha value is -2.31. The number of benzene rings is 1. The van der Waals surface area contributed by atoms with Gasteiger partial charge >= 0.3 is 0 Å². The first-order valence-electron chi connectivity index (χ1n) is 10.7. The van der Waals surface area contributed by atoms with Crippen LogP contribution in [0.2, 0.25) is 0 Å². The van der Waals surface area contributed by atoms with Gasteiger partial charge in [0.1, 0.15) is 5.82 Å². The lowest BCUT2D eigenvalue weighted by atomic mass is 9.96. The number of carbonyl (C=O) groups excluding carboxylic acids is 1. The molecule has 1 aromatic heterocycles. The van der Waals surface area contributed by atoms with E-state index in [0.717, 1.165) is 43.7 Å². The summed E-state index contributed by atoms with van der Waals surface area (Å²) >= 11 is 0. The highest BCUT2D eigenvalue weighted by atomic mass is 19.1. The van der Waals surface area contributed by atoms with Crippen molar-refractivity contribution < 1.29 is 9.18 Å². The van der Waals surface area contributed by atoms with E-state index in [9.17, 15) is 9.18 Å². The minimum Gasteiger partial charge on any atom is -0.337 e. The normalized spacial score (nSPS) is 17.3. The maximum Gasteiger partial charge on any atom is 0.255 e. The van der Waals surface area contributed by atoms with Crippen LogP contribution in [0.5, 0.6) is 0 Å². The van der Waals surface area contributed by atoms with Gasteiger partial charge in [-0.25, -0.2) is 4.39 Å². The second-order valence-corrected chi connectivity index (χ2v) is 8.58. The molecular weight excluding hydrogens is 379 g/mol. The zero-order chi connectivity index (χ0) is 21.5. The second kappa shape index (κ2) is 10.6. The standard InChI is InChI=1S/C24H33FN4O/c1-19-10-11-21(15-26-19)24(30)29(14-13-27(2)3)17-20-7-6-12-28(16-20)18-22-8-4-5-9-23(22)25/h4-5,8-11,15,20H,6-7,12-14,16-18H2,1-3H3. The Kier molecular flexibility index (Phi) is 7.94. The fraction of sp³-hybridized carbons (Fsp3) is 0.500. The van der Waals surface area contributed by atoms with Crippen molar-refractivity contribution in [3.8, 4) is 0 Å². The second-order valence-electron chi connectivity index (χ2n) is 8.58. The fourth-order valence-corrected chi connectivity index (χ4v) is 4.00. The van der Waals surface area contributed by atoms with Crippen LogP contribution in [-0.2, 0) is 6.54 Å². The zero-order valence-corrected chi connectivity index (χ0v) is 18.4. The third kappa shape index (κ3) is 6.34. The number of rotatable bonds is 8. The molecule has 1 aliphatic rings. The molecular formula is C24H33FN4O. The van der Waals surface area contributed by atoms with Crippen LogP contribution in [0.25, 0.3) is 0 Å². The van der Waals surface area contributed by atoms with E-state index in [4.69, 9.17) is 0 Å². The number of halogens is 1. The van der Waals surface area contributed by atoms with Crippen molar-refractivity contribution in [1.29, 1.82) is 0 Å². The highest BCUT2D eigenvalue weighted by Crippen LogP contribution is 2.21. The van der Waals surface area contributed by atoms with E-state index < -0.39 is 0 Å². The van der Waals surface area contributed by atoms with E-state index in [2.05, 4.69) is 14.8 Å². The summed E-state index contributed by atoms with van der Waals surface area (Å²) < 4.78 is 14.1. The minimum atomic E-state index is -0.144. The van der Waals surface area contributed by atoms with Crippen LogP contribution < -0.4 is 0 Å². The van der Waals surface area contributed by atoms with Gasteiger partial charge in [-0.1, -0.05) is 18.2 Å². The number of hydrogen-bond acceptors (Lipinski definition) is 4. The van der Waals surface area contributed by atoms with Crippen molar-refractivity contribution in [2.75, 3.05) is 46.8 Å². The summed E-state index contributed by atoms with van der Waals surface area (Å²) in [6.07, 6.45) is 3.83. The summed E-state index contributed by atoms with van der Waals surface area (Å²) in [6.45, 7) is 6.61. The average molecular weight is 413 g/mol. The molecule has 0 saturated carbocycles. The minimum absolute atomic E-state index is 0.0376. The molecule has 162 valence electrons. The largest absolute Gasteiger partial charge is 0.337 e. The fourth-order valence-electron chi connectivity index (χ4n) is 4.00. The van der Waals surface area contributed by atoms with E-state index in [-0.39, 0.29) is 11.7 Å². The van der Waals surface area contributed by atoms with Crippen LogP contribution in [0.4, 0.5) is 4.39 Å². The first-order valence-corrected chi connectivity index (χ1v) is 10.7. The van der Waals surface area contributed by atoms with Gasteiger partial charge in [0.15, 0.2) is 0 Å². The first kappa shape index (κ1) is 22.4. The molecule has 5 nitrogen and oxygen atoms in total. The lowest BCUT2D eigenvalue weighted by Crippen LogP contribution is -2.44. The molecule has 1 aromatic carbocycles. The zero-order valence-electron chi connectivity index (χ0n) is 18.4. The Morgan fingerprint density at radius 3 is 2.70 bits per heavy atom. The van der Waals surface area contributed by atoms with Crippen molar-refractivity contribution in [3.05, 3.63) is 65.2 Å². The number of likely N-dealkylation sites (tertiary alicyclic amines) is 1. The molecule has 6 heteroatoms. The molecule has 1 aliphatic heterocycles. The van der Waals surface area contributed by atoms with Gasteiger partial charge in [-0.3, -0.25) is 14.7 Å². The molecule has 0 N–H and O–H groups in total. The summed E-state index contributed by atoms with van der Waals surface area (Å²) in [4.78, 5) is 23.8. The number of hydrogen-bond donors (Lipinski definition) is 0. The lowest BCUT2D eigenvalue weighted by molar-refractivity contribution is 0.0659. The molecule has 30 heavy (non-hydrogen) atoms. The van der Waals surface area contributed by atoms with Gasteiger partial charge in [0.25, 0.3) is 5.91 Å². The molecule has 0 bridgehead atoms. The number of amides is 1. The van der Waals surface area contributed by atoms with Crippen molar-refractivity contribution in [1.82, 2.24) is 19.7 Å². The average Bonchev–Trinajstić information content (AvgIpc) is 2.73. The molecule has 1 saturated heterocycles. The predicted octanol–water partition coefficient (Wildman–Crippen LogP) is 3.45. The number of likely N-dealkylation sites (N-methyl/N-ethyl adjacent to an activating group) is 1. The number of aromatic nitrogens is 1. The van der Waals surface area contributed by atoms with Crippen LogP contribution in [0.1, 0.15) is 34.5 Å². The highest BCUT2D eigenvalue weighted by molar-refractivity contribution is 5.93. The summed E-state index contributed by atoms with van der Waals surface area (Å²) in [7, 11) is 4.04. The molecule has 3 rings (SSSR count). The lowest BCUT2D eigenvalue weighted by Gasteiger charge is -2.36. The van der Waals surface area contributed by atoms with Crippen molar-refractivity contribution in [2.45, 2.75) is 26.3 Å². The Balaban J connectivity index is 1.66. The number of nitrogens with zero attached hydrogens (tertiary/aromatic N) is 4. The van der Waals surface area contributed by atoms with Crippen LogP contribution in [0, 0.1) is 18.7 Å². The Bertz CT molecular complexity index is 824. The maximum atomic E-state index is 14.1. The van der Waals surface area contributed by atoms with Crippen molar-refractivity contribution in [3.63, 3.8) is 0 Å². The summed E-state index contributed by atoms with van der Waals surface area (Å²) in [6, 6.07) is 10.7. The van der Waals surface area contributed by atoms with Gasteiger partial charge in [-0.15, -0.1) is 0 Å². The predicted molar refractivity (Wildman–Crippen MR) is 118 cm³/mol. The molecule has 0 aliphatic carbocycles. The van der Waals surface area contributed by atoms with E-state index in [1.807, 2.05) is 50.2 Å². The van der Waals surface area contributed by atoms with Gasteiger partial charge in [-0.2, -0.15) is 0 Å². The number of aryl methyl sites for hydroxylation is 1. The summed E-state index contributed by atoms with van der Waals surface area (Å²) in [5, 5.41) is 0. The van der Waals surface area contributed by atoms with E-state index >= 15 is 0 Å².